The third-order valence-electron chi connectivity index (χ3n) is 4.18. The van der Waals surface area contributed by atoms with Gasteiger partial charge in [0.1, 0.15) is 18.0 Å². The molecule has 1 aromatic heterocycles. The van der Waals surface area contributed by atoms with Gasteiger partial charge in [0.15, 0.2) is 0 Å². The van der Waals surface area contributed by atoms with Crippen LogP contribution >= 0.6 is 0 Å². The van der Waals surface area contributed by atoms with Crippen molar-refractivity contribution in [3.8, 4) is 0 Å². The number of fused-ring (bicyclic) bond motifs is 1. The fourth-order valence-corrected chi connectivity index (χ4v) is 3.01. The Morgan fingerprint density at radius 2 is 2.09 bits per heavy atom. The van der Waals surface area contributed by atoms with Gasteiger partial charge in [-0.3, -0.25) is 4.90 Å². The second kappa shape index (κ2) is 6.60. The van der Waals surface area contributed by atoms with Gasteiger partial charge in [0, 0.05) is 51.3 Å². The SMILES string of the molecule is CN(C)c1ncnc2c1CN(CC(O)c1ccccc1F)CC2. The Morgan fingerprint density at radius 3 is 2.83 bits per heavy atom. The number of aliphatic hydroxyl groups is 1. The van der Waals surface area contributed by atoms with Gasteiger partial charge in [-0.2, -0.15) is 0 Å². The molecule has 1 aromatic carbocycles. The number of aromatic nitrogens is 2. The molecule has 0 saturated carbocycles. The minimum atomic E-state index is -0.842. The third kappa shape index (κ3) is 3.33. The maximum atomic E-state index is 13.8. The molecule has 122 valence electrons. The van der Waals surface area contributed by atoms with Gasteiger partial charge in [-0.05, 0) is 6.07 Å². The maximum absolute atomic E-state index is 13.8. The molecule has 0 bridgehead atoms. The smallest absolute Gasteiger partial charge is 0.136 e. The molecule has 2 aromatic rings. The predicted octanol–water partition coefficient (Wildman–Crippen LogP) is 1.77. The monoisotopic (exact) mass is 316 g/mol. The molecule has 23 heavy (non-hydrogen) atoms. The largest absolute Gasteiger partial charge is 0.387 e. The molecule has 1 N–H and O–H groups in total. The van der Waals surface area contributed by atoms with Crippen LogP contribution in [0.1, 0.15) is 22.9 Å². The van der Waals surface area contributed by atoms with Crippen LogP contribution in [0.4, 0.5) is 10.2 Å². The Labute approximate surface area is 135 Å². The van der Waals surface area contributed by atoms with E-state index in [1.54, 1.807) is 24.5 Å². The number of nitrogens with zero attached hydrogens (tertiary/aromatic N) is 4. The number of anilines is 1. The van der Waals surface area contributed by atoms with Crippen molar-refractivity contribution in [1.82, 2.24) is 14.9 Å². The maximum Gasteiger partial charge on any atom is 0.136 e. The van der Waals surface area contributed by atoms with E-state index in [4.69, 9.17) is 0 Å². The third-order valence-corrected chi connectivity index (χ3v) is 4.18. The first-order valence-corrected chi connectivity index (χ1v) is 7.71. The summed E-state index contributed by atoms with van der Waals surface area (Å²) in [5.41, 5.74) is 2.49. The number of benzene rings is 1. The van der Waals surface area contributed by atoms with E-state index in [2.05, 4.69) is 14.9 Å². The molecule has 0 amide bonds. The van der Waals surface area contributed by atoms with Crippen LogP contribution in [-0.2, 0) is 13.0 Å². The molecule has 0 spiro atoms. The summed E-state index contributed by atoms with van der Waals surface area (Å²) >= 11 is 0. The van der Waals surface area contributed by atoms with Gasteiger partial charge in [-0.1, -0.05) is 18.2 Å². The number of β-amino-alcohol motifs (C(OH)–C–C–N with tert-alkyl or cyclic N) is 1. The molecule has 1 aliphatic heterocycles. The molecule has 0 aliphatic carbocycles. The van der Waals surface area contributed by atoms with Crippen LogP contribution in [0.2, 0.25) is 0 Å². The van der Waals surface area contributed by atoms with Gasteiger partial charge in [-0.15, -0.1) is 0 Å². The lowest BCUT2D eigenvalue weighted by molar-refractivity contribution is 0.102. The van der Waals surface area contributed by atoms with Crippen molar-refractivity contribution < 1.29 is 9.50 Å². The van der Waals surface area contributed by atoms with Gasteiger partial charge < -0.3 is 10.0 Å². The summed E-state index contributed by atoms with van der Waals surface area (Å²) in [6.45, 7) is 1.85. The van der Waals surface area contributed by atoms with Crippen molar-refractivity contribution in [1.29, 1.82) is 0 Å². The van der Waals surface area contributed by atoms with Crippen LogP contribution < -0.4 is 4.90 Å². The van der Waals surface area contributed by atoms with Crippen molar-refractivity contribution >= 4 is 5.82 Å². The number of halogens is 1. The minimum Gasteiger partial charge on any atom is -0.387 e. The fourth-order valence-electron chi connectivity index (χ4n) is 3.01. The molecule has 0 radical (unpaired) electrons. The highest BCUT2D eigenvalue weighted by Crippen LogP contribution is 2.26. The van der Waals surface area contributed by atoms with Crippen LogP contribution in [0.5, 0.6) is 0 Å². The normalized spacial score (nSPS) is 16.0. The highest BCUT2D eigenvalue weighted by molar-refractivity contribution is 5.48. The molecule has 0 fully saturated rings. The summed E-state index contributed by atoms with van der Waals surface area (Å²) in [4.78, 5) is 12.8. The Morgan fingerprint density at radius 1 is 1.30 bits per heavy atom. The van der Waals surface area contributed by atoms with E-state index in [1.165, 1.54) is 6.07 Å². The second-order valence-electron chi connectivity index (χ2n) is 6.04. The van der Waals surface area contributed by atoms with E-state index in [1.807, 2.05) is 19.0 Å². The summed E-state index contributed by atoms with van der Waals surface area (Å²) < 4.78 is 13.8. The van der Waals surface area contributed by atoms with E-state index in [0.29, 0.717) is 18.7 Å². The number of hydrogen-bond donors (Lipinski definition) is 1. The Bertz CT molecular complexity index is 692. The zero-order valence-corrected chi connectivity index (χ0v) is 13.4. The average Bonchev–Trinajstić information content (AvgIpc) is 2.54. The number of aliphatic hydroxyl groups excluding tert-OH is 1. The highest BCUT2D eigenvalue weighted by atomic mass is 19.1. The van der Waals surface area contributed by atoms with Crippen molar-refractivity contribution in [3.05, 3.63) is 53.2 Å². The number of rotatable bonds is 4. The average molecular weight is 316 g/mol. The lowest BCUT2D eigenvalue weighted by atomic mass is 10.0. The van der Waals surface area contributed by atoms with Crippen LogP contribution in [0.3, 0.4) is 0 Å². The molecule has 1 unspecified atom stereocenters. The number of hydrogen-bond acceptors (Lipinski definition) is 5. The molecular formula is C17H21FN4O. The molecule has 6 heteroatoms. The van der Waals surface area contributed by atoms with E-state index < -0.39 is 6.10 Å². The van der Waals surface area contributed by atoms with Crippen molar-refractivity contribution in [2.45, 2.75) is 19.1 Å². The first-order valence-electron chi connectivity index (χ1n) is 7.71. The quantitative estimate of drug-likeness (QED) is 0.932. The summed E-state index contributed by atoms with van der Waals surface area (Å²) in [5.74, 6) is 0.537. The van der Waals surface area contributed by atoms with Crippen LogP contribution in [0.15, 0.2) is 30.6 Å². The Kier molecular flexibility index (Phi) is 4.54. The molecule has 1 aliphatic rings. The summed E-state index contributed by atoms with van der Waals surface area (Å²) in [7, 11) is 3.91. The predicted molar refractivity (Wildman–Crippen MR) is 86.7 cm³/mol. The van der Waals surface area contributed by atoms with Crippen LogP contribution in [-0.4, -0.2) is 47.2 Å². The van der Waals surface area contributed by atoms with E-state index >= 15 is 0 Å². The standard InChI is InChI=1S/C17H21FN4O/c1-21(2)17-13-9-22(8-7-15(13)19-11-20-17)10-16(23)12-5-3-4-6-14(12)18/h3-6,11,16,23H,7-10H2,1-2H3. The molecular weight excluding hydrogens is 295 g/mol. The van der Waals surface area contributed by atoms with E-state index in [-0.39, 0.29) is 5.82 Å². The topological polar surface area (TPSA) is 52.5 Å². The fraction of sp³-hybridized carbons (Fsp3) is 0.412. The summed E-state index contributed by atoms with van der Waals surface area (Å²) in [5, 5.41) is 10.4. The lowest BCUT2D eigenvalue weighted by Gasteiger charge is -2.31. The first-order chi connectivity index (χ1) is 11.1. The van der Waals surface area contributed by atoms with Gasteiger partial charge in [0.05, 0.1) is 11.8 Å². The van der Waals surface area contributed by atoms with Crippen molar-refractivity contribution in [2.75, 3.05) is 32.1 Å². The second-order valence-corrected chi connectivity index (χ2v) is 6.04. The Hall–Kier alpha value is -2.05. The molecule has 3 rings (SSSR count). The van der Waals surface area contributed by atoms with Gasteiger partial charge in [0.2, 0.25) is 0 Å². The lowest BCUT2D eigenvalue weighted by Crippen LogP contribution is -2.35. The van der Waals surface area contributed by atoms with Gasteiger partial charge in [0.25, 0.3) is 0 Å². The summed E-state index contributed by atoms with van der Waals surface area (Å²) in [6, 6.07) is 6.38. The van der Waals surface area contributed by atoms with Gasteiger partial charge >= 0.3 is 0 Å². The zero-order valence-electron chi connectivity index (χ0n) is 13.4. The molecule has 2 heterocycles. The van der Waals surface area contributed by atoms with Crippen LogP contribution in [0, 0.1) is 5.82 Å². The van der Waals surface area contributed by atoms with E-state index in [0.717, 1.165) is 30.0 Å². The first kappa shape index (κ1) is 15.8. The molecule has 5 nitrogen and oxygen atoms in total. The zero-order chi connectivity index (χ0) is 16.4. The summed E-state index contributed by atoms with van der Waals surface area (Å²) in [6.07, 6.45) is 1.56. The van der Waals surface area contributed by atoms with Crippen LogP contribution in [0.25, 0.3) is 0 Å². The molecule has 0 saturated heterocycles. The van der Waals surface area contributed by atoms with Gasteiger partial charge in [-0.25, -0.2) is 14.4 Å². The highest BCUT2D eigenvalue weighted by Gasteiger charge is 2.24. The van der Waals surface area contributed by atoms with Crippen molar-refractivity contribution in [3.63, 3.8) is 0 Å². The van der Waals surface area contributed by atoms with E-state index in [9.17, 15) is 9.50 Å². The minimum absolute atomic E-state index is 0.343. The Balaban J connectivity index is 1.76. The van der Waals surface area contributed by atoms with Crippen molar-refractivity contribution in [2.24, 2.45) is 0 Å². The molecule has 1 atom stereocenters.